The summed E-state index contributed by atoms with van der Waals surface area (Å²) < 4.78 is 1.91. The minimum absolute atomic E-state index is 0.179. The molecule has 72 valence electrons. The Morgan fingerprint density at radius 1 is 1.69 bits per heavy atom. The highest BCUT2D eigenvalue weighted by atomic mass is 15.3. The van der Waals surface area contributed by atoms with Crippen molar-refractivity contribution in [3.8, 4) is 0 Å². The molecule has 2 N–H and O–H groups in total. The molecule has 1 aliphatic carbocycles. The van der Waals surface area contributed by atoms with Gasteiger partial charge in [-0.3, -0.25) is 4.68 Å². The molecule has 1 aliphatic rings. The number of hydrogen-bond donors (Lipinski definition) is 1. The van der Waals surface area contributed by atoms with Gasteiger partial charge in [0.25, 0.3) is 0 Å². The summed E-state index contributed by atoms with van der Waals surface area (Å²) in [5.74, 6) is 0.880. The number of nitrogens with zero attached hydrogens (tertiary/aromatic N) is 2. The quantitative estimate of drug-likeness (QED) is 0.764. The first-order chi connectivity index (χ1) is 6.16. The van der Waals surface area contributed by atoms with Gasteiger partial charge in [-0.1, -0.05) is 12.8 Å². The van der Waals surface area contributed by atoms with Gasteiger partial charge in [-0.2, -0.15) is 5.10 Å². The lowest BCUT2D eigenvalue weighted by Crippen LogP contribution is -2.15. The van der Waals surface area contributed by atoms with Gasteiger partial charge in [0, 0.05) is 13.1 Å². The Morgan fingerprint density at radius 3 is 2.85 bits per heavy atom. The fraction of sp³-hybridized carbons (Fsp3) is 0.700. The smallest absolute Gasteiger partial charge is 0.0597 e. The second-order valence-electron chi connectivity index (χ2n) is 4.12. The molecular weight excluding hydrogens is 162 g/mol. The highest BCUT2D eigenvalue weighted by Crippen LogP contribution is 2.36. The third kappa shape index (κ3) is 1.91. The maximum absolute atomic E-state index is 6.09. The largest absolute Gasteiger partial charge is 0.323 e. The molecule has 1 aromatic rings. The van der Waals surface area contributed by atoms with Gasteiger partial charge >= 0.3 is 0 Å². The van der Waals surface area contributed by atoms with Gasteiger partial charge in [-0.05, 0) is 25.3 Å². The molecule has 0 saturated heterocycles. The third-order valence-electron chi connectivity index (χ3n) is 2.70. The lowest BCUT2D eigenvalue weighted by atomic mass is 10.1. The van der Waals surface area contributed by atoms with Crippen LogP contribution in [-0.2, 0) is 7.05 Å². The summed E-state index contributed by atoms with van der Waals surface area (Å²) in [6.45, 7) is 2.01. The van der Waals surface area contributed by atoms with E-state index in [1.807, 2.05) is 18.7 Å². The van der Waals surface area contributed by atoms with E-state index in [9.17, 15) is 0 Å². The maximum atomic E-state index is 6.09. The fourth-order valence-electron chi connectivity index (χ4n) is 1.81. The van der Waals surface area contributed by atoms with Crippen LogP contribution in [0.1, 0.15) is 36.7 Å². The molecule has 1 aromatic heterocycles. The normalized spacial score (nSPS) is 19.0. The van der Waals surface area contributed by atoms with E-state index in [4.69, 9.17) is 5.73 Å². The van der Waals surface area contributed by atoms with Crippen molar-refractivity contribution in [3.63, 3.8) is 0 Å². The Kier molecular flexibility index (Phi) is 2.12. The Hall–Kier alpha value is -0.830. The Balaban J connectivity index is 2.08. The minimum Gasteiger partial charge on any atom is -0.323 e. The van der Waals surface area contributed by atoms with Crippen molar-refractivity contribution in [1.29, 1.82) is 0 Å². The predicted molar refractivity (Wildman–Crippen MR) is 52.2 cm³/mol. The van der Waals surface area contributed by atoms with E-state index in [2.05, 4.69) is 11.2 Å². The Morgan fingerprint density at radius 2 is 2.38 bits per heavy atom. The van der Waals surface area contributed by atoms with Crippen molar-refractivity contribution in [2.45, 2.75) is 32.2 Å². The Bertz CT molecular complexity index is 299. The van der Waals surface area contributed by atoms with E-state index < -0.39 is 0 Å². The lowest BCUT2D eigenvalue weighted by molar-refractivity contribution is 0.548. The molecule has 1 unspecified atom stereocenters. The van der Waals surface area contributed by atoms with Gasteiger partial charge in [0.2, 0.25) is 0 Å². The molecule has 1 saturated carbocycles. The van der Waals surface area contributed by atoms with Crippen LogP contribution in [0.15, 0.2) is 6.07 Å². The lowest BCUT2D eigenvalue weighted by Gasteiger charge is -2.10. The van der Waals surface area contributed by atoms with E-state index >= 15 is 0 Å². The number of hydrogen-bond acceptors (Lipinski definition) is 2. The van der Waals surface area contributed by atoms with Crippen molar-refractivity contribution in [2.75, 3.05) is 0 Å². The average Bonchev–Trinajstić information content (AvgIpc) is 2.77. The highest BCUT2D eigenvalue weighted by Gasteiger charge is 2.25. The topological polar surface area (TPSA) is 43.8 Å². The van der Waals surface area contributed by atoms with Crippen molar-refractivity contribution in [3.05, 3.63) is 17.5 Å². The van der Waals surface area contributed by atoms with Crippen LogP contribution in [0.4, 0.5) is 0 Å². The first-order valence-corrected chi connectivity index (χ1v) is 4.93. The van der Waals surface area contributed by atoms with Gasteiger partial charge in [0.1, 0.15) is 0 Å². The zero-order valence-corrected chi connectivity index (χ0v) is 8.33. The number of nitrogens with two attached hydrogens (primary N) is 1. The molecule has 0 amide bonds. The molecule has 13 heavy (non-hydrogen) atoms. The fourth-order valence-corrected chi connectivity index (χ4v) is 1.81. The monoisotopic (exact) mass is 179 g/mol. The van der Waals surface area contributed by atoms with E-state index in [0.29, 0.717) is 0 Å². The Labute approximate surface area is 78.9 Å². The SMILES string of the molecule is Cc1cc(C(N)CC2CC2)n(C)n1. The van der Waals surface area contributed by atoms with E-state index in [1.165, 1.54) is 18.5 Å². The van der Waals surface area contributed by atoms with Gasteiger partial charge in [0.15, 0.2) is 0 Å². The van der Waals surface area contributed by atoms with Crippen LogP contribution in [0.3, 0.4) is 0 Å². The second-order valence-corrected chi connectivity index (χ2v) is 4.12. The van der Waals surface area contributed by atoms with Crippen LogP contribution in [0, 0.1) is 12.8 Å². The molecular formula is C10H17N3. The number of rotatable bonds is 3. The third-order valence-corrected chi connectivity index (χ3v) is 2.70. The molecule has 0 aromatic carbocycles. The van der Waals surface area contributed by atoms with E-state index in [1.54, 1.807) is 0 Å². The first kappa shape index (κ1) is 8.75. The van der Waals surface area contributed by atoms with Gasteiger partial charge in [-0.25, -0.2) is 0 Å². The average molecular weight is 179 g/mol. The van der Waals surface area contributed by atoms with Gasteiger partial charge < -0.3 is 5.73 Å². The van der Waals surface area contributed by atoms with Crippen molar-refractivity contribution >= 4 is 0 Å². The van der Waals surface area contributed by atoms with Crippen LogP contribution in [0.2, 0.25) is 0 Å². The highest BCUT2D eigenvalue weighted by molar-refractivity contribution is 5.12. The summed E-state index contributed by atoms with van der Waals surface area (Å²) in [5.41, 5.74) is 8.32. The first-order valence-electron chi connectivity index (χ1n) is 4.93. The number of aryl methyl sites for hydroxylation is 2. The molecule has 0 aliphatic heterocycles. The van der Waals surface area contributed by atoms with Gasteiger partial charge in [0.05, 0.1) is 11.4 Å². The van der Waals surface area contributed by atoms with E-state index in [-0.39, 0.29) is 6.04 Å². The standard InChI is InChI=1S/C10H17N3/c1-7-5-10(13(2)12-7)9(11)6-8-3-4-8/h5,8-9H,3-4,6,11H2,1-2H3. The molecule has 1 fully saturated rings. The summed E-state index contributed by atoms with van der Waals surface area (Å²) in [6, 6.07) is 2.27. The summed E-state index contributed by atoms with van der Waals surface area (Å²) in [4.78, 5) is 0. The van der Waals surface area contributed by atoms with Crippen LogP contribution in [0.5, 0.6) is 0 Å². The molecule has 3 heteroatoms. The predicted octanol–water partition coefficient (Wildman–Crippen LogP) is 1.53. The van der Waals surface area contributed by atoms with Crippen LogP contribution in [0.25, 0.3) is 0 Å². The zero-order chi connectivity index (χ0) is 9.42. The zero-order valence-electron chi connectivity index (χ0n) is 8.33. The van der Waals surface area contributed by atoms with Crippen LogP contribution in [-0.4, -0.2) is 9.78 Å². The molecule has 1 heterocycles. The number of aromatic nitrogens is 2. The summed E-state index contributed by atoms with van der Waals surface area (Å²) in [7, 11) is 1.97. The minimum atomic E-state index is 0.179. The van der Waals surface area contributed by atoms with Gasteiger partial charge in [-0.15, -0.1) is 0 Å². The molecule has 0 bridgehead atoms. The molecule has 1 atom stereocenters. The summed E-state index contributed by atoms with van der Waals surface area (Å²) >= 11 is 0. The van der Waals surface area contributed by atoms with Crippen molar-refractivity contribution in [2.24, 2.45) is 18.7 Å². The molecule has 3 nitrogen and oxygen atoms in total. The second kappa shape index (κ2) is 3.14. The van der Waals surface area contributed by atoms with Crippen LogP contribution >= 0.6 is 0 Å². The van der Waals surface area contributed by atoms with Crippen LogP contribution < -0.4 is 5.73 Å². The van der Waals surface area contributed by atoms with Crippen molar-refractivity contribution in [1.82, 2.24) is 9.78 Å². The molecule has 0 radical (unpaired) electrons. The summed E-state index contributed by atoms with van der Waals surface area (Å²) in [6.07, 6.45) is 3.86. The molecule has 0 spiro atoms. The molecule has 2 rings (SSSR count). The van der Waals surface area contributed by atoms with Crippen molar-refractivity contribution < 1.29 is 0 Å². The van der Waals surface area contributed by atoms with E-state index in [0.717, 1.165) is 18.0 Å². The summed E-state index contributed by atoms with van der Waals surface area (Å²) in [5, 5.41) is 4.30. The maximum Gasteiger partial charge on any atom is 0.0597 e.